The van der Waals surface area contributed by atoms with Gasteiger partial charge in [0.25, 0.3) is 5.56 Å². The van der Waals surface area contributed by atoms with E-state index in [1.165, 1.54) is 5.56 Å². The lowest BCUT2D eigenvalue weighted by atomic mass is 10.1. The Hall–Kier alpha value is -1.87. The van der Waals surface area contributed by atoms with Gasteiger partial charge in [-0.05, 0) is 29.7 Å². The molecule has 0 saturated carbocycles. The monoisotopic (exact) mass is 228 g/mol. The van der Waals surface area contributed by atoms with Gasteiger partial charge in [0.2, 0.25) is 0 Å². The standard InChI is InChI=1S/C14H16N2O/c1-11-8-12(9-15)5-6-13(11)10-16-7-3-2-4-14(16)17/h2-8H,9-10,15H2,1H3. The molecule has 0 aliphatic rings. The average molecular weight is 228 g/mol. The first-order valence-corrected chi connectivity index (χ1v) is 5.64. The van der Waals surface area contributed by atoms with Gasteiger partial charge in [-0.25, -0.2) is 0 Å². The Labute approximate surface area is 101 Å². The number of nitrogens with zero attached hydrogens (tertiary/aromatic N) is 1. The summed E-state index contributed by atoms with van der Waals surface area (Å²) in [6.45, 7) is 3.20. The van der Waals surface area contributed by atoms with Crippen LogP contribution in [0, 0.1) is 6.92 Å². The second-order valence-corrected chi connectivity index (χ2v) is 4.13. The van der Waals surface area contributed by atoms with Crippen LogP contribution in [0.4, 0.5) is 0 Å². The first-order chi connectivity index (χ1) is 8.20. The maximum absolute atomic E-state index is 11.6. The van der Waals surface area contributed by atoms with Gasteiger partial charge in [0.1, 0.15) is 0 Å². The fourth-order valence-electron chi connectivity index (χ4n) is 1.84. The maximum Gasteiger partial charge on any atom is 0.250 e. The molecule has 0 spiro atoms. The van der Waals surface area contributed by atoms with Gasteiger partial charge in [-0.2, -0.15) is 0 Å². The van der Waals surface area contributed by atoms with Crippen molar-refractivity contribution in [2.75, 3.05) is 0 Å². The molecule has 2 rings (SSSR count). The van der Waals surface area contributed by atoms with Crippen molar-refractivity contribution in [2.45, 2.75) is 20.0 Å². The van der Waals surface area contributed by atoms with Crippen LogP contribution in [0.3, 0.4) is 0 Å². The number of pyridine rings is 1. The normalized spacial score (nSPS) is 10.5. The Kier molecular flexibility index (Phi) is 3.40. The minimum absolute atomic E-state index is 0.0230. The molecule has 0 radical (unpaired) electrons. The molecule has 0 fully saturated rings. The van der Waals surface area contributed by atoms with Crippen LogP contribution < -0.4 is 11.3 Å². The van der Waals surface area contributed by atoms with Gasteiger partial charge in [0, 0.05) is 18.8 Å². The summed E-state index contributed by atoms with van der Waals surface area (Å²) in [6, 6.07) is 11.3. The van der Waals surface area contributed by atoms with E-state index in [1.807, 2.05) is 25.1 Å². The van der Waals surface area contributed by atoms with Crippen molar-refractivity contribution in [1.29, 1.82) is 0 Å². The molecule has 3 nitrogen and oxygen atoms in total. The van der Waals surface area contributed by atoms with Gasteiger partial charge in [-0.15, -0.1) is 0 Å². The van der Waals surface area contributed by atoms with Crippen LogP contribution in [0.2, 0.25) is 0 Å². The van der Waals surface area contributed by atoms with E-state index in [2.05, 4.69) is 6.07 Å². The van der Waals surface area contributed by atoms with Gasteiger partial charge in [0.15, 0.2) is 0 Å². The first-order valence-electron chi connectivity index (χ1n) is 5.64. The van der Waals surface area contributed by atoms with E-state index in [0.29, 0.717) is 13.1 Å². The largest absolute Gasteiger partial charge is 0.326 e. The Bertz CT molecular complexity index is 572. The van der Waals surface area contributed by atoms with Crippen molar-refractivity contribution in [1.82, 2.24) is 4.57 Å². The molecular formula is C14H16N2O. The van der Waals surface area contributed by atoms with Crippen molar-refractivity contribution in [3.8, 4) is 0 Å². The zero-order valence-corrected chi connectivity index (χ0v) is 9.89. The average Bonchev–Trinajstić information content (AvgIpc) is 2.34. The molecule has 0 aliphatic carbocycles. The zero-order valence-electron chi connectivity index (χ0n) is 9.89. The van der Waals surface area contributed by atoms with Crippen molar-refractivity contribution in [3.63, 3.8) is 0 Å². The summed E-state index contributed by atoms with van der Waals surface area (Å²) in [5.74, 6) is 0. The van der Waals surface area contributed by atoms with Crippen molar-refractivity contribution < 1.29 is 0 Å². The topological polar surface area (TPSA) is 48.0 Å². The van der Waals surface area contributed by atoms with E-state index in [-0.39, 0.29) is 5.56 Å². The highest BCUT2D eigenvalue weighted by Gasteiger charge is 2.01. The van der Waals surface area contributed by atoms with Crippen LogP contribution in [0.5, 0.6) is 0 Å². The SMILES string of the molecule is Cc1cc(CN)ccc1Cn1ccccc1=O. The quantitative estimate of drug-likeness (QED) is 0.868. The summed E-state index contributed by atoms with van der Waals surface area (Å²) in [7, 11) is 0. The molecular weight excluding hydrogens is 212 g/mol. The van der Waals surface area contributed by atoms with E-state index in [1.54, 1.807) is 22.9 Å². The summed E-state index contributed by atoms with van der Waals surface area (Å²) < 4.78 is 1.70. The zero-order chi connectivity index (χ0) is 12.3. The molecule has 1 aromatic carbocycles. The molecule has 3 heteroatoms. The highest BCUT2D eigenvalue weighted by molar-refractivity contribution is 5.31. The third-order valence-corrected chi connectivity index (χ3v) is 2.88. The van der Waals surface area contributed by atoms with Gasteiger partial charge in [0.05, 0.1) is 6.54 Å². The highest BCUT2D eigenvalue weighted by Crippen LogP contribution is 2.11. The summed E-state index contributed by atoms with van der Waals surface area (Å²) in [5.41, 5.74) is 9.05. The molecule has 0 atom stereocenters. The number of aryl methyl sites for hydroxylation is 1. The summed E-state index contributed by atoms with van der Waals surface area (Å²) >= 11 is 0. The second kappa shape index (κ2) is 4.97. The first kappa shape index (κ1) is 11.6. The van der Waals surface area contributed by atoms with E-state index in [9.17, 15) is 4.79 Å². The van der Waals surface area contributed by atoms with E-state index in [0.717, 1.165) is 11.1 Å². The fraction of sp³-hybridized carbons (Fsp3) is 0.214. The van der Waals surface area contributed by atoms with Crippen LogP contribution in [0.25, 0.3) is 0 Å². The Morgan fingerprint density at radius 2 is 2.06 bits per heavy atom. The lowest BCUT2D eigenvalue weighted by Crippen LogP contribution is -2.18. The highest BCUT2D eigenvalue weighted by atomic mass is 16.1. The predicted octanol–water partition coefficient (Wildman–Crippen LogP) is 1.66. The van der Waals surface area contributed by atoms with Crippen molar-refractivity contribution >= 4 is 0 Å². The number of rotatable bonds is 3. The number of hydrogen-bond donors (Lipinski definition) is 1. The fourth-order valence-corrected chi connectivity index (χ4v) is 1.84. The molecule has 88 valence electrons. The van der Waals surface area contributed by atoms with Crippen molar-refractivity contribution in [3.05, 3.63) is 69.6 Å². The molecule has 17 heavy (non-hydrogen) atoms. The Morgan fingerprint density at radius 3 is 2.71 bits per heavy atom. The van der Waals surface area contributed by atoms with Crippen molar-refractivity contribution in [2.24, 2.45) is 5.73 Å². The lowest BCUT2D eigenvalue weighted by Gasteiger charge is -2.09. The minimum atomic E-state index is 0.0230. The molecule has 0 unspecified atom stereocenters. The number of aromatic nitrogens is 1. The number of hydrogen-bond acceptors (Lipinski definition) is 2. The Morgan fingerprint density at radius 1 is 1.24 bits per heavy atom. The molecule has 1 heterocycles. The van der Waals surface area contributed by atoms with E-state index >= 15 is 0 Å². The second-order valence-electron chi connectivity index (χ2n) is 4.13. The number of nitrogens with two attached hydrogens (primary N) is 1. The predicted molar refractivity (Wildman–Crippen MR) is 68.9 cm³/mol. The summed E-state index contributed by atoms with van der Waals surface area (Å²) in [4.78, 5) is 11.6. The molecule has 2 aromatic rings. The smallest absolute Gasteiger partial charge is 0.250 e. The molecule has 0 saturated heterocycles. The molecule has 2 N–H and O–H groups in total. The molecule has 1 aromatic heterocycles. The van der Waals surface area contributed by atoms with E-state index < -0.39 is 0 Å². The third-order valence-electron chi connectivity index (χ3n) is 2.88. The Balaban J connectivity index is 2.31. The van der Waals surface area contributed by atoms with Crippen LogP contribution in [-0.4, -0.2) is 4.57 Å². The molecule has 0 aliphatic heterocycles. The molecule has 0 amide bonds. The lowest BCUT2D eigenvalue weighted by molar-refractivity contribution is 0.754. The van der Waals surface area contributed by atoms with Gasteiger partial charge in [-0.1, -0.05) is 24.3 Å². The number of benzene rings is 1. The minimum Gasteiger partial charge on any atom is -0.326 e. The third kappa shape index (κ3) is 2.63. The van der Waals surface area contributed by atoms with Crippen LogP contribution in [0.1, 0.15) is 16.7 Å². The van der Waals surface area contributed by atoms with Crippen LogP contribution in [-0.2, 0) is 13.1 Å². The van der Waals surface area contributed by atoms with Gasteiger partial charge in [-0.3, -0.25) is 4.79 Å². The van der Waals surface area contributed by atoms with Gasteiger partial charge >= 0.3 is 0 Å². The van der Waals surface area contributed by atoms with Crippen LogP contribution in [0.15, 0.2) is 47.4 Å². The van der Waals surface area contributed by atoms with E-state index in [4.69, 9.17) is 5.73 Å². The molecule has 0 bridgehead atoms. The summed E-state index contributed by atoms with van der Waals surface area (Å²) in [5, 5.41) is 0. The maximum atomic E-state index is 11.6. The van der Waals surface area contributed by atoms with Gasteiger partial charge < -0.3 is 10.3 Å². The summed E-state index contributed by atoms with van der Waals surface area (Å²) in [6.07, 6.45) is 1.80. The van der Waals surface area contributed by atoms with Crippen LogP contribution >= 0.6 is 0 Å².